The molecule has 0 N–H and O–H groups in total. The number of amides is 1. The summed E-state index contributed by atoms with van der Waals surface area (Å²) >= 11 is 1.42. The Kier molecular flexibility index (Phi) is 7.37. The van der Waals surface area contributed by atoms with E-state index in [1.807, 2.05) is 91.2 Å². The molecule has 0 unspecified atom stereocenters. The van der Waals surface area contributed by atoms with Crippen LogP contribution in [0.15, 0.2) is 94.9 Å². The number of methoxy groups -OCH3 is 1. The summed E-state index contributed by atoms with van der Waals surface area (Å²) in [7, 11) is 1.61. The predicted molar refractivity (Wildman–Crippen MR) is 143 cm³/mol. The Morgan fingerprint density at radius 3 is 2.43 bits per heavy atom. The van der Waals surface area contributed by atoms with E-state index in [1.54, 1.807) is 23.0 Å². The van der Waals surface area contributed by atoms with E-state index in [0.717, 1.165) is 16.9 Å². The van der Waals surface area contributed by atoms with Crippen molar-refractivity contribution in [2.24, 2.45) is 0 Å². The highest BCUT2D eigenvalue weighted by molar-refractivity contribution is 7.12. The molecule has 0 aliphatic carbocycles. The van der Waals surface area contributed by atoms with E-state index in [0.29, 0.717) is 41.0 Å². The van der Waals surface area contributed by atoms with Gasteiger partial charge in [-0.25, -0.2) is 4.68 Å². The third-order valence-electron chi connectivity index (χ3n) is 5.93. The number of carbonyl (C=O) groups is 1. The number of para-hydroxylation sites is 3. The molecule has 0 fully saturated rings. The summed E-state index contributed by atoms with van der Waals surface area (Å²) in [6.07, 6.45) is 2.28. The molecule has 3 aromatic heterocycles. The van der Waals surface area contributed by atoms with Crippen molar-refractivity contribution in [1.82, 2.24) is 14.7 Å². The average molecular weight is 514 g/mol. The van der Waals surface area contributed by atoms with Gasteiger partial charge >= 0.3 is 0 Å². The van der Waals surface area contributed by atoms with Gasteiger partial charge < -0.3 is 18.8 Å². The molecular formula is C29H27N3O4S. The molecule has 8 heteroatoms. The molecule has 0 atom stereocenters. The summed E-state index contributed by atoms with van der Waals surface area (Å²) in [6.45, 7) is 2.65. The van der Waals surface area contributed by atoms with Crippen LogP contribution in [0, 0.1) is 0 Å². The fourth-order valence-corrected chi connectivity index (χ4v) is 4.80. The zero-order valence-corrected chi connectivity index (χ0v) is 21.5. The van der Waals surface area contributed by atoms with Crippen LogP contribution >= 0.6 is 11.3 Å². The smallest absolute Gasteiger partial charge is 0.264 e. The Hall–Kier alpha value is -4.30. The van der Waals surface area contributed by atoms with E-state index in [1.165, 1.54) is 11.3 Å². The molecule has 0 spiro atoms. The van der Waals surface area contributed by atoms with E-state index in [2.05, 4.69) is 0 Å². The SMILES string of the molecule is CCc1nn(-c2ccccc2)c(Oc2ccccc2OC)c1CN(Cc1ccco1)C(=O)c1cccs1. The van der Waals surface area contributed by atoms with Crippen LogP contribution in [0.2, 0.25) is 0 Å². The van der Waals surface area contributed by atoms with E-state index in [9.17, 15) is 4.79 Å². The van der Waals surface area contributed by atoms with Gasteiger partial charge in [-0.05, 0) is 54.3 Å². The fraction of sp³-hybridized carbons (Fsp3) is 0.172. The normalized spacial score (nSPS) is 10.9. The summed E-state index contributed by atoms with van der Waals surface area (Å²) in [5.41, 5.74) is 2.53. The lowest BCUT2D eigenvalue weighted by atomic mass is 10.1. The first-order valence-electron chi connectivity index (χ1n) is 12.0. The lowest BCUT2D eigenvalue weighted by Gasteiger charge is -2.22. The third kappa shape index (κ3) is 5.29. The van der Waals surface area contributed by atoms with Gasteiger partial charge in [-0.2, -0.15) is 5.10 Å². The molecule has 0 aliphatic rings. The lowest BCUT2D eigenvalue weighted by molar-refractivity contribution is 0.0721. The molecule has 37 heavy (non-hydrogen) atoms. The van der Waals surface area contributed by atoms with E-state index >= 15 is 0 Å². The van der Waals surface area contributed by atoms with Crippen LogP contribution in [0.25, 0.3) is 5.69 Å². The average Bonchev–Trinajstić information content (AvgIpc) is 3.71. The Labute approximate surface area is 219 Å². The van der Waals surface area contributed by atoms with Gasteiger partial charge in [0, 0.05) is 0 Å². The van der Waals surface area contributed by atoms with Crippen molar-refractivity contribution in [3.63, 3.8) is 0 Å². The van der Waals surface area contributed by atoms with E-state index in [4.69, 9.17) is 19.0 Å². The van der Waals surface area contributed by atoms with Gasteiger partial charge in [-0.1, -0.05) is 43.3 Å². The largest absolute Gasteiger partial charge is 0.493 e. The number of nitrogens with zero attached hydrogens (tertiary/aromatic N) is 3. The van der Waals surface area contributed by atoms with E-state index in [-0.39, 0.29) is 12.5 Å². The lowest BCUT2D eigenvalue weighted by Crippen LogP contribution is -2.29. The molecule has 0 bridgehead atoms. The highest BCUT2D eigenvalue weighted by Crippen LogP contribution is 2.36. The Balaban J connectivity index is 1.61. The van der Waals surface area contributed by atoms with E-state index < -0.39 is 0 Å². The van der Waals surface area contributed by atoms with Crippen LogP contribution in [0.3, 0.4) is 0 Å². The Morgan fingerprint density at radius 2 is 1.76 bits per heavy atom. The monoisotopic (exact) mass is 513 g/mol. The number of rotatable bonds is 10. The number of aromatic nitrogens is 2. The molecule has 5 rings (SSSR count). The van der Waals surface area contributed by atoms with Crippen LogP contribution in [0.4, 0.5) is 0 Å². The van der Waals surface area contributed by atoms with Crippen molar-refractivity contribution in [1.29, 1.82) is 0 Å². The molecule has 0 aliphatic heterocycles. The quantitative estimate of drug-likeness (QED) is 0.207. The van der Waals surface area contributed by atoms with Crippen LogP contribution in [-0.2, 0) is 19.5 Å². The van der Waals surface area contributed by atoms with Crippen LogP contribution in [-0.4, -0.2) is 27.7 Å². The number of hydrogen-bond acceptors (Lipinski definition) is 6. The molecule has 0 saturated carbocycles. The number of benzene rings is 2. The molecule has 1 amide bonds. The maximum atomic E-state index is 13.6. The molecule has 3 heterocycles. The maximum absolute atomic E-state index is 13.6. The molecular weight excluding hydrogens is 486 g/mol. The summed E-state index contributed by atoms with van der Waals surface area (Å²) in [5, 5.41) is 6.82. The van der Waals surface area contributed by atoms with Gasteiger partial charge in [0.05, 0.1) is 48.3 Å². The number of carbonyl (C=O) groups excluding carboxylic acids is 1. The van der Waals surface area contributed by atoms with Crippen molar-refractivity contribution >= 4 is 17.2 Å². The summed E-state index contributed by atoms with van der Waals surface area (Å²) < 4.78 is 19.5. The minimum absolute atomic E-state index is 0.0795. The van der Waals surface area contributed by atoms with Crippen molar-refractivity contribution in [3.8, 4) is 23.1 Å². The summed E-state index contributed by atoms with van der Waals surface area (Å²) in [5.74, 6) is 2.33. The number of aryl methyl sites for hydroxylation is 1. The summed E-state index contributed by atoms with van der Waals surface area (Å²) in [6, 6.07) is 24.7. The second-order valence-corrected chi connectivity index (χ2v) is 9.25. The molecule has 7 nitrogen and oxygen atoms in total. The molecule has 188 valence electrons. The second kappa shape index (κ2) is 11.2. The Morgan fingerprint density at radius 1 is 0.973 bits per heavy atom. The zero-order valence-electron chi connectivity index (χ0n) is 20.7. The van der Waals surface area contributed by atoms with Gasteiger partial charge in [-0.3, -0.25) is 4.79 Å². The molecule has 5 aromatic rings. The highest BCUT2D eigenvalue weighted by atomic mass is 32.1. The van der Waals surface area contributed by atoms with Crippen LogP contribution < -0.4 is 9.47 Å². The first-order chi connectivity index (χ1) is 18.2. The van der Waals surface area contributed by atoms with Crippen molar-refractivity contribution < 1.29 is 18.7 Å². The van der Waals surface area contributed by atoms with Crippen molar-refractivity contribution in [2.45, 2.75) is 26.4 Å². The van der Waals surface area contributed by atoms with Gasteiger partial charge in [0.1, 0.15) is 5.76 Å². The standard InChI is InChI=1S/C29H27N3O4S/c1-3-24-23(20-31(19-22-13-9-17-35-22)28(33)27-16-10-18-37-27)29(32(30-24)21-11-5-4-6-12-21)36-26-15-8-7-14-25(26)34-2/h4-18H,3,19-20H2,1-2H3. The first kappa shape index (κ1) is 24.4. The highest BCUT2D eigenvalue weighted by Gasteiger charge is 2.27. The number of hydrogen-bond donors (Lipinski definition) is 0. The predicted octanol–water partition coefficient (Wildman–Crippen LogP) is 6.73. The van der Waals surface area contributed by atoms with Crippen LogP contribution in [0.1, 0.15) is 33.6 Å². The number of thiophene rings is 1. The fourth-order valence-electron chi connectivity index (χ4n) is 4.11. The van der Waals surface area contributed by atoms with Gasteiger partial charge in [0.2, 0.25) is 5.88 Å². The second-order valence-electron chi connectivity index (χ2n) is 8.30. The van der Waals surface area contributed by atoms with Crippen molar-refractivity contribution in [3.05, 3.63) is 112 Å². The molecule has 0 saturated heterocycles. The Bertz CT molecular complexity index is 1440. The van der Waals surface area contributed by atoms with Crippen LogP contribution in [0.5, 0.6) is 17.4 Å². The zero-order chi connectivity index (χ0) is 25.6. The minimum atomic E-state index is -0.0795. The third-order valence-corrected chi connectivity index (χ3v) is 6.78. The van der Waals surface area contributed by atoms with Crippen molar-refractivity contribution in [2.75, 3.05) is 7.11 Å². The number of furan rings is 1. The molecule has 0 radical (unpaired) electrons. The van der Waals surface area contributed by atoms with Gasteiger partial charge in [0.15, 0.2) is 11.5 Å². The topological polar surface area (TPSA) is 69.7 Å². The summed E-state index contributed by atoms with van der Waals surface area (Å²) in [4.78, 5) is 16.0. The van der Waals surface area contributed by atoms with Gasteiger partial charge in [0.25, 0.3) is 5.91 Å². The molecule has 2 aromatic carbocycles. The van der Waals surface area contributed by atoms with Gasteiger partial charge in [-0.15, -0.1) is 11.3 Å². The first-order valence-corrected chi connectivity index (χ1v) is 12.9. The number of ether oxygens (including phenoxy) is 2. The maximum Gasteiger partial charge on any atom is 0.264 e. The minimum Gasteiger partial charge on any atom is -0.493 e.